The molecule has 0 aromatic rings. The fourth-order valence-corrected chi connectivity index (χ4v) is 3.26. The average Bonchev–Trinajstić information content (AvgIpc) is 2.12. The Labute approximate surface area is 102 Å². The largest absolute Gasteiger partial charge is 0.401 e. The van der Waals surface area contributed by atoms with E-state index in [1.54, 1.807) is 7.05 Å². The summed E-state index contributed by atoms with van der Waals surface area (Å²) < 4.78 is 37.3. The molecular weight excluding hydrogens is 229 g/mol. The smallest absolute Gasteiger partial charge is 0.315 e. The molecule has 0 aromatic heterocycles. The van der Waals surface area contributed by atoms with Gasteiger partial charge >= 0.3 is 6.18 Å². The first kappa shape index (κ1) is 14.8. The monoisotopic (exact) mass is 252 g/mol. The minimum atomic E-state index is -4.12. The number of nitrogens with one attached hydrogen (secondary N) is 1. The maximum atomic E-state index is 12.4. The van der Waals surface area contributed by atoms with E-state index >= 15 is 0 Å². The van der Waals surface area contributed by atoms with Gasteiger partial charge in [-0.2, -0.15) is 13.2 Å². The van der Waals surface area contributed by atoms with Crippen LogP contribution in [0.25, 0.3) is 0 Å². The first-order chi connectivity index (χ1) is 7.74. The topological polar surface area (TPSA) is 15.3 Å². The molecule has 0 spiro atoms. The number of likely N-dealkylation sites (N-methyl/N-ethyl adjacent to an activating group) is 2. The second-order valence-electron chi connectivity index (χ2n) is 5.47. The van der Waals surface area contributed by atoms with Gasteiger partial charge in [0.2, 0.25) is 0 Å². The van der Waals surface area contributed by atoms with Gasteiger partial charge in [-0.1, -0.05) is 13.8 Å². The van der Waals surface area contributed by atoms with Crippen molar-refractivity contribution in [2.24, 2.45) is 11.8 Å². The van der Waals surface area contributed by atoms with E-state index in [4.69, 9.17) is 0 Å². The fourth-order valence-electron chi connectivity index (χ4n) is 3.26. The Morgan fingerprint density at radius 3 is 2.29 bits per heavy atom. The van der Waals surface area contributed by atoms with Crippen LogP contribution in [0, 0.1) is 11.8 Å². The molecule has 102 valence electrons. The van der Waals surface area contributed by atoms with Gasteiger partial charge in [-0.15, -0.1) is 0 Å². The van der Waals surface area contributed by atoms with Crippen LogP contribution in [0.1, 0.15) is 26.7 Å². The number of halogens is 3. The van der Waals surface area contributed by atoms with Crippen LogP contribution >= 0.6 is 0 Å². The predicted molar refractivity (Wildman–Crippen MR) is 62.9 cm³/mol. The molecule has 0 saturated heterocycles. The highest BCUT2D eigenvalue weighted by atomic mass is 19.4. The molecule has 0 aromatic carbocycles. The van der Waals surface area contributed by atoms with Gasteiger partial charge in [0.1, 0.15) is 0 Å². The van der Waals surface area contributed by atoms with Gasteiger partial charge in [-0.3, -0.25) is 4.90 Å². The van der Waals surface area contributed by atoms with E-state index in [-0.39, 0.29) is 12.1 Å². The van der Waals surface area contributed by atoms with Crippen LogP contribution in [0.15, 0.2) is 0 Å². The normalized spacial score (nSPS) is 35.3. The highest BCUT2D eigenvalue weighted by molar-refractivity contribution is 4.93. The maximum Gasteiger partial charge on any atom is 0.401 e. The van der Waals surface area contributed by atoms with E-state index in [9.17, 15) is 13.2 Å². The standard InChI is InChI=1S/C12H23F3N2/c1-8-5-9(2)11(10(6-8)16-3)17(4)7-12(13,14)15/h8-11,16H,5-7H2,1-4H3. The third-order valence-electron chi connectivity index (χ3n) is 3.73. The third kappa shape index (κ3) is 4.14. The lowest BCUT2D eigenvalue weighted by Gasteiger charge is -2.44. The minimum Gasteiger partial charge on any atom is -0.315 e. The number of nitrogens with zero attached hydrogens (tertiary/aromatic N) is 1. The number of hydrogen-bond donors (Lipinski definition) is 1. The first-order valence-corrected chi connectivity index (χ1v) is 6.19. The summed E-state index contributed by atoms with van der Waals surface area (Å²) in [7, 11) is 3.42. The maximum absolute atomic E-state index is 12.4. The summed E-state index contributed by atoms with van der Waals surface area (Å²) in [6.45, 7) is 3.40. The average molecular weight is 252 g/mol. The Balaban J connectivity index is 2.71. The van der Waals surface area contributed by atoms with E-state index in [1.165, 1.54) is 4.90 Å². The molecule has 0 aliphatic heterocycles. The van der Waals surface area contributed by atoms with Crippen molar-refractivity contribution in [2.75, 3.05) is 20.6 Å². The molecule has 4 atom stereocenters. The van der Waals surface area contributed by atoms with Gasteiger partial charge < -0.3 is 5.32 Å². The van der Waals surface area contributed by atoms with Crippen LogP contribution < -0.4 is 5.32 Å². The molecule has 1 aliphatic rings. The van der Waals surface area contributed by atoms with Gasteiger partial charge in [0.05, 0.1) is 6.54 Å². The highest BCUT2D eigenvalue weighted by Crippen LogP contribution is 2.32. The molecule has 1 aliphatic carbocycles. The van der Waals surface area contributed by atoms with E-state index in [2.05, 4.69) is 19.2 Å². The molecule has 5 heteroatoms. The lowest BCUT2D eigenvalue weighted by atomic mass is 9.76. The summed E-state index contributed by atoms with van der Waals surface area (Å²) in [6, 6.07) is 0.124. The summed E-state index contributed by atoms with van der Waals surface area (Å²) in [5.74, 6) is 0.876. The van der Waals surface area contributed by atoms with Crippen molar-refractivity contribution in [3.8, 4) is 0 Å². The van der Waals surface area contributed by atoms with Crippen molar-refractivity contribution >= 4 is 0 Å². The molecule has 0 bridgehead atoms. The molecule has 1 fully saturated rings. The number of alkyl halides is 3. The zero-order valence-electron chi connectivity index (χ0n) is 11.0. The van der Waals surface area contributed by atoms with Crippen LogP contribution in [0.5, 0.6) is 0 Å². The van der Waals surface area contributed by atoms with Crippen LogP contribution in [-0.4, -0.2) is 43.8 Å². The van der Waals surface area contributed by atoms with Crippen molar-refractivity contribution in [2.45, 2.75) is 44.9 Å². The Kier molecular flexibility index (Phi) is 4.84. The summed E-state index contributed by atoms with van der Waals surface area (Å²) in [4.78, 5) is 1.46. The number of rotatable bonds is 3. The Morgan fingerprint density at radius 2 is 1.82 bits per heavy atom. The Morgan fingerprint density at radius 1 is 1.24 bits per heavy atom. The third-order valence-corrected chi connectivity index (χ3v) is 3.73. The van der Waals surface area contributed by atoms with Crippen molar-refractivity contribution < 1.29 is 13.2 Å². The van der Waals surface area contributed by atoms with Crippen LogP contribution in [-0.2, 0) is 0 Å². The van der Waals surface area contributed by atoms with Gasteiger partial charge in [0.25, 0.3) is 0 Å². The molecular formula is C12H23F3N2. The molecule has 17 heavy (non-hydrogen) atoms. The summed E-state index contributed by atoms with van der Waals surface area (Å²) in [5.41, 5.74) is 0. The lowest BCUT2D eigenvalue weighted by molar-refractivity contribution is -0.152. The summed E-state index contributed by atoms with van der Waals surface area (Å²) in [6.07, 6.45) is -2.16. The second kappa shape index (κ2) is 5.57. The fraction of sp³-hybridized carbons (Fsp3) is 1.00. The lowest BCUT2D eigenvalue weighted by Crippen LogP contribution is -2.56. The van der Waals surface area contributed by atoms with E-state index in [1.807, 2.05) is 7.05 Å². The summed E-state index contributed by atoms with van der Waals surface area (Å²) >= 11 is 0. The van der Waals surface area contributed by atoms with E-state index < -0.39 is 12.7 Å². The van der Waals surface area contributed by atoms with Crippen LogP contribution in [0.3, 0.4) is 0 Å². The van der Waals surface area contributed by atoms with Crippen molar-refractivity contribution in [3.05, 3.63) is 0 Å². The molecule has 2 nitrogen and oxygen atoms in total. The van der Waals surface area contributed by atoms with Gasteiger partial charge in [-0.05, 0) is 38.8 Å². The molecule has 0 amide bonds. The quantitative estimate of drug-likeness (QED) is 0.830. The van der Waals surface area contributed by atoms with Crippen LogP contribution in [0.2, 0.25) is 0 Å². The molecule has 4 unspecified atom stereocenters. The molecule has 1 saturated carbocycles. The van der Waals surface area contributed by atoms with Crippen molar-refractivity contribution in [3.63, 3.8) is 0 Å². The SMILES string of the molecule is CNC1CC(C)CC(C)C1N(C)CC(F)(F)F. The minimum absolute atomic E-state index is 0.0298. The zero-order valence-corrected chi connectivity index (χ0v) is 11.0. The van der Waals surface area contributed by atoms with Crippen molar-refractivity contribution in [1.82, 2.24) is 10.2 Å². The van der Waals surface area contributed by atoms with Crippen LogP contribution in [0.4, 0.5) is 13.2 Å². The Bertz CT molecular complexity index is 242. The van der Waals surface area contributed by atoms with E-state index in [0.29, 0.717) is 11.8 Å². The van der Waals surface area contributed by atoms with Gasteiger partial charge in [-0.25, -0.2) is 0 Å². The molecule has 1 N–H and O–H groups in total. The van der Waals surface area contributed by atoms with Gasteiger partial charge in [0.15, 0.2) is 0 Å². The molecule has 0 heterocycles. The van der Waals surface area contributed by atoms with E-state index in [0.717, 1.165) is 12.8 Å². The van der Waals surface area contributed by atoms with Crippen molar-refractivity contribution in [1.29, 1.82) is 0 Å². The predicted octanol–water partition coefficient (Wildman–Crippen LogP) is 2.50. The molecule has 0 radical (unpaired) electrons. The Hall–Kier alpha value is -0.290. The summed E-state index contributed by atoms with van der Waals surface area (Å²) in [5, 5.41) is 3.17. The zero-order chi connectivity index (χ0) is 13.2. The highest BCUT2D eigenvalue weighted by Gasteiger charge is 2.39. The number of hydrogen-bond acceptors (Lipinski definition) is 2. The molecule has 1 rings (SSSR count). The second-order valence-corrected chi connectivity index (χ2v) is 5.47. The van der Waals surface area contributed by atoms with Gasteiger partial charge in [0, 0.05) is 12.1 Å². The first-order valence-electron chi connectivity index (χ1n) is 6.19.